The fourth-order valence-electron chi connectivity index (χ4n) is 3.57. The lowest BCUT2D eigenvalue weighted by molar-refractivity contribution is -0.136. The number of anilines is 1. The molecule has 0 saturated carbocycles. The van der Waals surface area contributed by atoms with E-state index in [1.165, 1.54) is 0 Å². The van der Waals surface area contributed by atoms with Crippen molar-refractivity contribution in [2.45, 2.75) is 32.2 Å². The van der Waals surface area contributed by atoms with Crippen LogP contribution in [0.2, 0.25) is 0 Å². The maximum atomic E-state index is 12.8. The summed E-state index contributed by atoms with van der Waals surface area (Å²) < 4.78 is 1.03. The molecule has 3 rings (SSSR count). The number of benzene rings is 1. The standard InChI is InChI=1S/C18H24BrN3O2.ClH/c1-12-9-15(3-4-16(12)19)22-11-13(10-17(22)23)18(24)21-7-5-14(20-2)6-8-21;/h3-4,9,13-14,20H,5-8,10-11H2,1-2H3;1H. The number of nitrogens with one attached hydrogen (secondary N) is 1. The van der Waals surface area contributed by atoms with E-state index in [2.05, 4.69) is 21.2 Å². The Labute approximate surface area is 163 Å². The van der Waals surface area contributed by atoms with Crippen LogP contribution in [0, 0.1) is 12.8 Å². The predicted molar refractivity (Wildman–Crippen MR) is 105 cm³/mol. The number of hydrogen-bond donors (Lipinski definition) is 1. The number of piperidine rings is 1. The Hall–Kier alpha value is -1.11. The molecular weight excluding hydrogens is 406 g/mol. The van der Waals surface area contributed by atoms with Gasteiger partial charge in [0.15, 0.2) is 0 Å². The molecule has 1 N–H and O–H groups in total. The van der Waals surface area contributed by atoms with Crippen molar-refractivity contribution in [2.24, 2.45) is 5.92 Å². The van der Waals surface area contributed by atoms with Gasteiger partial charge in [-0.05, 0) is 50.6 Å². The highest BCUT2D eigenvalue weighted by Crippen LogP contribution is 2.29. The van der Waals surface area contributed by atoms with Crippen LogP contribution in [0.1, 0.15) is 24.8 Å². The summed E-state index contributed by atoms with van der Waals surface area (Å²) in [6.45, 7) is 4.06. The van der Waals surface area contributed by atoms with E-state index in [9.17, 15) is 9.59 Å². The van der Waals surface area contributed by atoms with Gasteiger partial charge in [-0.25, -0.2) is 0 Å². The van der Waals surface area contributed by atoms with E-state index < -0.39 is 0 Å². The van der Waals surface area contributed by atoms with Gasteiger partial charge in [0.1, 0.15) is 0 Å². The highest BCUT2D eigenvalue weighted by molar-refractivity contribution is 9.10. The molecule has 25 heavy (non-hydrogen) atoms. The smallest absolute Gasteiger partial charge is 0.228 e. The van der Waals surface area contributed by atoms with Crippen molar-refractivity contribution in [3.63, 3.8) is 0 Å². The fraction of sp³-hybridized carbons (Fsp3) is 0.556. The van der Waals surface area contributed by atoms with Gasteiger partial charge in [0, 0.05) is 42.3 Å². The second-order valence-electron chi connectivity index (χ2n) is 6.73. The first-order chi connectivity index (χ1) is 11.5. The van der Waals surface area contributed by atoms with E-state index in [4.69, 9.17) is 0 Å². The molecule has 0 aromatic heterocycles. The van der Waals surface area contributed by atoms with Crippen LogP contribution in [0.5, 0.6) is 0 Å². The molecule has 1 atom stereocenters. The molecule has 5 nitrogen and oxygen atoms in total. The molecule has 2 aliphatic rings. The van der Waals surface area contributed by atoms with E-state index in [0.29, 0.717) is 19.0 Å². The number of halogens is 2. The summed E-state index contributed by atoms with van der Waals surface area (Å²) in [5.41, 5.74) is 1.97. The van der Waals surface area contributed by atoms with Gasteiger partial charge < -0.3 is 15.1 Å². The van der Waals surface area contributed by atoms with E-state index in [1.54, 1.807) is 4.90 Å². The van der Waals surface area contributed by atoms with E-state index in [-0.39, 0.29) is 30.1 Å². The molecule has 0 radical (unpaired) electrons. The average Bonchev–Trinajstić information content (AvgIpc) is 2.98. The minimum atomic E-state index is -0.215. The van der Waals surface area contributed by atoms with Crippen molar-refractivity contribution in [3.8, 4) is 0 Å². The number of aryl methyl sites for hydroxylation is 1. The molecule has 1 aromatic rings. The molecule has 0 spiro atoms. The lowest BCUT2D eigenvalue weighted by atomic mass is 10.0. The van der Waals surface area contributed by atoms with E-state index in [0.717, 1.165) is 41.7 Å². The van der Waals surface area contributed by atoms with Crippen molar-refractivity contribution < 1.29 is 9.59 Å². The predicted octanol–water partition coefficient (Wildman–Crippen LogP) is 2.74. The molecule has 7 heteroatoms. The van der Waals surface area contributed by atoms with Gasteiger partial charge in [0.05, 0.1) is 5.92 Å². The molecule has 2 heterocycles. The van der Waals surface area contributed by atoms with Crippen LogP contribution in [-0.4, -0.2) is 49.4 Å². The van der Waals surface area contributed by atoms with Crippen LogP contribution in [0.25, 0.3) is 0 Å². The molecule has 0 aliphatic carbocycles. The van der Waals surface area contributed by atoms with Crippen LogP contribution in [0.4, 0.5) is 5.69 Å². The first kappa shape index (κ1) is 20.2. The number of carbonyl (C=O) groups is 2. The normalized spacial score (nSPS) is 21.4. The highest BCUT2D eigenvalue weighted by Gasteiger charge is 2.38. The maximum absolute atomic E-state index is 12.8. The number of nitrogens with zero attached hydrogens (tertiary/aromatic N) is 2. The first-order valence-corrected chi connectivity index (χ1v) is 9.31. The van der Waals surface area contributed by atoms with Gasteiger partial charge >= 0.3 is 0 Å². The Morgan fingerprint density at radius 1 is 1.28 bits per heavy atom. The van der Waals surface area contributed by atoms with Crippen LogP contribution in [-0.2, 0) is 9.59 Å². The van der Waals surface area contributed by atoms with Gasteiger partial charge in [0.2, 0.25) is 11.8 Å². The summed E-state index contributed by atoms with van der Waals surface area (Å²) in [4.78, 5) is 28.8. The van der Waals surface area contributed by atoms with Gasteiger partial charge in [-0.3, -0.25) is 9.59 Å². The summed E-state index contributed by atoms with van der Waals surface area (Å²) in [5, 5.41) is 3.27. The van der Waals surface area contributed by atoms with Crippen LogP contribution < -0.4 is 10.2 Å². The van der Waals surface area contributed by atoms with Crippen molar-refractivity contribution in [3.05, 3.63) is 28.2 Å². The molecule has 138 valence electrons. The third-order valence-corrected chi connectivity index (χ3v) is 6.03. The van der Waals surface area contributed by atoms with Crippen molar-refractivity contribution in [1.29, 1.82) is 0 Å². The van der Waals surface area contributed by atoms with Gasteiger partial charge in [-0.1, -0.05) is 15.9 Å². The zero-order valence-electron chi connectivity index (χ0n) is 14.6. The highest BCUT2D eigenvalue weighted by atomic mass is 79.9. The monoisotopic (exact) mass is 429 g/mol. The van der Waals surface area contributed by atoms with Gasteiger partial charge in [-0.15, -0.1) is 12.4 Å². The van der Waals surface area contributed by atoms with Gasteiger partial charge in [0.25, 0.3) is 0 Å². The van der Waals surface area contributed by atoms with E-state index in [1.807, 2.05) is 37.1 Å². The lowest BCUT2D eigenvalue weighted by Crippen LogP contribution is -2.46. The maximum Gasteiger partial charge on any atom is 0.228 e. The molecule has 2 aliphatic heterocycles. The second-order valence-corrected chi connectivity index (χ2v) is 7.58. The summed E-state index contributed by atoms with van der Waals surface area (Å²) in [6.07, 6.45) is 2.29. The summed E-state index contributed by atoms with van der Waals surface area (Å²) in [7, 11) is 1.97. The largest absolute Gasteiger partial charge is 0.342 e. The third-order valence-electron chi connectivity index (χ3n) is 5.14. The molecule has 1 unspecified atom stereocenters. The Balaban J connectivity index is 0.00000225. The van der Waals surface area contributed by atoms with Crippen LogP contribution in [0.3, 0.4) is 0 Å². The third kappa shape index (κ3) is 4.36. The number of carbonyl (C=O) groups excluding carboxylic acids is 2. The SMILES string of the molecule is CNC1CCN(C(=O)C2CC(=O)N(c3ccc(Br)c(C)c3)C2)CC1.Cl. The van der Waals surface area contributed by atoms with Gasteiger partial charge in [-0.2, -0.15) is 0 Å². The number of rotatable bonds is 3. The Kier molecular flexibility index (Phi) is 6.88. The molecule has 2 fully saturated rings. The minimum Gasteiger partial charge on any atom is -0.342 e. The average molecular weight is 431 g/mol. The molecule has 0 bridgehead atoms. The van der Waals surface area contributed by atoms with Crippen molar-refractivity contribution >= 4 is 45.8 Å². The quantitative estimate of drug-likeness (QED) is 0.802. The topological polar surface area (TPSA) is 52.7 Å². The number of hydrogen-bond acceptors (Lipinski definition) is 3. The number of likely N-dealkylation sites (tertiary alicyclic amines) is 1. The zero-order valence-corrected chi connectivity index (χ0v) is 17.0. The number of amides is 2. The van der Waals surface area contributed by atoms with Crippen molar-refractivity contribution in [1.82, 2.24) is 10.2 Å². The van der Waals surface area contributed by atoms with Crippen LogP contribution in [0.15, 0.2) is 22.7 Å². The summed E-state index contributed by atoms with van der Waals surface area (Å²) in [6, 6.07) is 6.38. The van der Waals surface area contributed by atoms with E-state index >= 15 is 0 Å². The van der Waals surface area contributed by atoms with Crippen LogP contribution >= 0.6 is 28.3 Å². The molecule has 2 amide bonds. The first-order valence-electron chi connectivity index (χ1n) is 8.52. The second kappa shape index (κ2) is 8.52. The summed E-state index contributed by atoms with van der Waals surface area (Å²) in [5.74, 6) is -0.0398. The lowest BCUT2D eigenvalue weighted by Gasteiger charge is -2.33. The van der Waals surface area contributed by atoms with Crippen molar-refractivity contribution in [2.75, 3.05) is 31.6 Å². The molecule has 1 aromatic carbocycles. The molecule has 2 saturated heterocycles. The Morgan fingerprint density at radius 2 is 1.96 bits per heavy atom. The summed E-state index contributed by atoms with van der Waals surface area (Å²) >= 11 is 3.48. The zero-order chi connectivity index (χ0) is 17.3. The Morgan fingerprint density at radius 3 is 2.56 bits per heavy atom. The minimum absolute atomic E-state index is 0. The fourth-order valence-corrected chi connectivity index (χ4v) is 3.81. The molecular formula is C18H25BrClN3O2. The Bertz CT molecular complexity index is 647.